The summed E-state index contributed by atoms with van der Waals surface area (Å²) in [5.74, 6) is 0.197. The second kappa shape index (κ2) is 7.64. The Morgan fingerprint density at radius 1 is 1.20 bits per heavy atom. The molecule has 0 amide bonds. The average Bonchev–Trinajstić information content (AvgIpc) is 2.37. The minimum Gasteiger partial charge on any atom is -0.317 e. The molecule has 0 bridgehead atoms. The third-order valence-corrected chi connectivity index (χ3v) is 5.20. The Hall–Kier alpha value is -1.07. The van der Waals surface area contributed by atoms with E-state index in [0.717, 1.165) is 36.3 Å². The van der Waals surface area contributed by atoms with Crippen molar-refractivity contribution in [3.05, 3.63) is 29.3 Å². The second-order valence-electron chi connectivity index (χ2n) is 5.13. The second-order valence-corrected chi connectivity index (χ2v) is 7.25. The van der Waals surface area contributed by atoms with Crippen LogP contribution < -0.4 is 9.62 Å². The summed E-state index contributed by atoms with van der Waals surface area (Å²) < 4.78 is 26.0. The first kappa shape index (κ1) is 17.0. The predicted octanol–water partition coefficient (Wildman–Crippen LogP) is 2.46. The van der Waals surface area contributed by atoms with Crippen molar-refractivity contribution in [1.29, 1.82) is 0 Å². The summed E-state index contributed by atoms with van der Waals surface area (Å²) in [6, 6.07) is 5.83. The zero-order valence-electron chi connectivity index (χ0n) is 12.9. The van der Waals surface area contributed by atoms with Crippen molar-refractivity contribution < 1.29 is 8.42 Å². The van der Waals surface area contributed by atoms with Crippen LogP contribution >= 0.6 is 0 Å². The number of unbranched alkanes of at least 4 members (excludes halogenated alkanes) is 1. The fourth-order valence-corrected chi connectivity index (χ4v) is 3.50. The summed E-state index contributed by atoms with van der Waals surface area (Å²) in [5.41, 5.74) is 2.90. The Labute approximate surface area is 123 Å². The van der Waals surface area contributed by atoms with Crippen molar-refractivity contribution in [2.75, 3.05) is 30.2 Å². The minimum atomic E-state index is -3.23. The lowest BCUT2D eigenvalue weighted by atomic mass is 10.1. The van der Waals surface area contributed by atoms with Crippen molar-refractivity contribution in [2.24, 2.45) is 0 Å². The number of rotatable bonds is 8. The van der Waals surface area contributed by atoms with Crippen LogP contribution in [0.5, 0.6) is 0 Å². The zero-order chi connectivity index (χ0) is 15.2. The van der Waals surface area contributed by atoms with Gasteiger partial charge in [0.15, 0.2) is 0 Å². The van der Waals surface area contributed by atoms with Gasteiger partial charge in [-0.2, -0.15) is 0 Å². The van der Waals surface area contributed by atoms with Gasteiger partial charge in [-0.05, 0) is 51.4 Å². The Balaban J connectivity index is 2.66. The van der Waals surface area contributed by atoms with E-state index in [2.05, 4.69) is 5.32 Å². The number of anilines is 1. The first-order chi connectivity index (χ1) is 9.38. The van der Waals surface area contributed by atoms with E-state index in [9.17, 15) is 8.42 Å². The first-order valence-electron chi connectivity index (χ1n) is 7.13. The van der Waals surface area contributed by atoms with Gasteiger partial charge in [0, 0.05) is 7.05 Å². The molecule has 0 fully saturated rings. The number of hydrogen-bond donors (Lipinski definition) is 1. The number of sulfonamides is 1. The molecule has 0 aliphatic heterocycles. The molecule has 1 aromatic carbocycles. The van der Waals surface area contributed by atoms with Gasteiger partial charge in [-0.15, -0.1) is 0 Å². The lowest BCUT2D eigenvalue weighted by molar-refractivity contribution is 0.586. The van der Waals surface area contributed by atoms with E-state index in [1.165, 1.54) is 4.31 Å². The van der Waals surface area contributed by atoms with Gasteiger partial charge in [0.25, 0.3) is 0 Å². The van der Waals surface area contributed by atoms with E-state index in [1.807, 2.05) is 39.0 Å². The lowest BCUT2D eigenvalue weighted by Crippen LogP contribution is -2.30. The van der Waals surface area contributed by atoms with Gasteiger partial charge in [-0.25, -0.2) is 8.42 Å². The Morgan fingerprint density at radius 3 is 2.50 bits per heavy atom. The molecule has 20 heavy (non-hydrogen) atoms. The number of nitrogens with one attached hydrogen (secondary N) is 1. The van der Waals surface area contributed by atoms with Crippen LogP contribution in [0.15, 0.2) is 18.2 Å². The van der Waals surface area contributed by atoms with Crippen LogP contribution in [-0.2, 0) is 10.0 Å². The van der Waals surface area contributed by atoms with Gasteiger partial charge >= 0.3 is 0 Å². The molecule has 1 aromatic rings. The molecule has 0 saturated heterocycles. The van der Waals surface area contributed by atoms with Gasteiger partial charge in [0.05, 0.1) is 11.4 Å². The molecular weight excluding hydrogens is 272 g/mol. The van der Waals surface area contributed by atoms with Gasteiger partial charge < -0.3 is 5.32 Å². The summed E-state index contributed by atoms with van der Waals surface area (Å²) in [6.07, 6.45) is 1.57. The van der Waals surface area contributed by atoms with Crippen LogP contribution in [0.3, 0.4) is 0 Å². The molecule has 0 radical (unpaired) electrons. The van der Waals surface area contributed by atoms with Crippen LogP contribution in [0, 0.1) is 13.8 Å². The molecule has 1 N–H and O–H groups in total. The van der Waals surface area contributed by atoms with Crippen LogP contribution in [-0.4, -0.2) is 34.3 Å². The molecule has 0 spiro atoms. The largest absolute Gasteiger partial charge is 0.317 e. The third kappa shape index (κ3) is 4.80. The highest BCUT2D eigenvalue weighted by Crippen LogP contribution is 2.22. The molecule has 5 heteroatoms. The normalized spacial score (nSPS) is 11.6. The van der Waals surface area contributed by atoms with E-state index in [0.29, 0.717) is 6.42 Å². The molecule has 114 valence electrons. The average molecular weight is 298 g/mol. The highest BCUT2D eigenvalue weighted by Gasteiger charge is 2.19. The SMILES string of the molecule is CCNCCCCS(=O)(=O)N(C)c1ccc(C)cc1C. The van der Waals surface area contributed by atoms with Crippen molar-refractivity contribution >= 4 is 15.7 Å². The molecule has 4 nitrogen and oxygen atoms in total. The molecule has 0 saturated carbocycles. The van der Waals surface area contributed by atoms with Crippen molar-refractivity contribution in [3.8, 4) is 0 Å². The van der Waals surface area contributed by atoms with Gasteiger partial charge in [0.2, 0.25) is 10.0 Å². The number of hydrogen-bond acceptors (Lipinski definition) is 3. The summed E-state index contributed by atoms with van der Waals surface area (Å²) in [7, 11) is -1.59. The first-order valence-corrected chi connectivity index (χ1v) is 8.74. The number of aryl methyl sites for hydroxylation is 2. The van der Waals surface area contributed by atoms with Crippen molar-refractivity contribution in [3.63, 3.8) is 0 Å². The quantitative estimate of drug-likeness (QED) is 0.750. The molecule has 0 unspecified atom stereocenters. The molecule has 0 heterocycles. The van der Waals surface area contributed by atoms with Crippen LogP contribution in [0.1, 0.15) is 30.9 Å². The Bertz CT molecular complexity index is 527. The molecular formula is C15H26N2O2S. The summed E-state index contributed by atoms with van der Waals surface area (Å²) >= 11 is 0. The monoisotopic (exact) mass is 298 g/mol. The van der Waals surface area contributed by atoms with E-state index in [1.54, 1.807) is 7.05 Å². The van der Waals surface area contributed by atoms with Crippen molar-refractivity contribution in [1.82, 2.24) is 5.32 Å². The van der Waals surface area contributed by atoms with Crippen LogP contribution in [0.2, 0.25) is 0 Å². The zero-order valence-corrected chi connectivity index (χ0v) is 13.8. The van der Waals surface area contributed by atoms with Gasteiger partial charge in [-0.3, -0.25) is 4.31 Å². The maximum absolute atomic E-state index is 12.3. The minimum absolute atomic E-state index is 0.197. The highest BCUT2D eigenvalue weighted by molar-refractivity contribution is 7.92. The van der Waals surface area contributed by atoms with Gasteiger partial charge in [-0.1, -0.05) is 24.6 Å². The predicted molar refractivity (Wildman–Crippen MR) is 85.9 cm³/mol. The fraction of sp³-hybridized carbons (Fsp3) is 0.600. The summed E-state index contributed by atoms with van der Waals surface area (Å²) in [5, 5.41) is 3.20. The third-order valence-electron chi connectivity index (χ3n) is 3.36. The topological polar surface area (TPSA) is 49.4 Å². The Kier molecular flexibility index (Phi) is 6.49. The highest BCUT2D eigenvalue weighted by atomic mass is 32.2. The standard InChI is InChI=1S/C15H26N2O2S/c1-5-16-10-6-7-11-20(18,19)17(4)15-9-8-13(2)12-14(15)3/h8-9,12,16H,5-7,10-11H2,1-4H3. The molecule has 0 aliphatic carbocycles. The molecule has 0 aromatic heterocycles. The van der Waals surface area contributed by atoms with E-state index < -0.39 is 10.0 Å². The van der Waals surface area contributed by atoms with E-state index >= 15 is 0 Å². The van der Waals surface area contributed by atoms with E-state index in [-0.39, 0.29) is 5.75 Å². The molecule has 1 rings (SSSR count). The maximum Gasteiger partial charge on any atom is 0.234 e. The number of nitrogens with zero attached hydrogens (tertiary/aromatic N) is 1. The maximum atomic E-state index is 12.3. The number of benzene rings is 1. The molecule has 0 atom stereocenters. The smallest absolute Gasteiger partial charge is 0.234 e. The Morgan fingerprint density at radius 2 is 1.90 bits per heavy atom. The van der Waals surface area contributed by atoms with Crippen LogP contribution in [0.25, 0.3) is 0 Å². The van der Waals surface area contributed by atoms with Gasteiger partial charge in [0.1, 0.15) is 0 Å². The van der Waals surface area contributed by atoms with Crippen molar-refractivity contribution in [2.45, 2.75) is 33.6 Å². The molecule has 0 aliphatic rings. The summed E-state index contributed by atoms with van der Waals surface area (Å²) in [4.78, 5) is 0. The van der Waals surface area contributed by atoms with E-state index in [4.69, 9.17) is 0 Å². The lowest BCUT2D eigenvalue weighted by Gasteiger charge is -2.21. The summed E-state index contributed by atoms with van der Waals surface area (Å²) in [6.45, 7) is 7.80. The fourth-order valence-electron chi connectivity index (χ4n) is 2.16. The van der Waals surface area contributed by atoms with Crippen LogP contribution in [0.4, 0.5) is 5.69 Å².